The van der Waals surface area contributed by atoms with Crippen LogP contribution in [0.1, 0.15) is 2.85 Å². The quantitative estimate of drug-likeness (QED) is 0.394. The fourth-order valence-corrected chi connectivity index (χ4v) is 0. The van der Waals surface area contributed by atoms with E-state index < -0.39 is 13.0 Å². The molecule has 0 atom stereocenters. The van der Waals surface area contributed by atoms with Crippen molar-refractivity contribution in [3.63, 3.8) is 0 Å². The topological polar surface area (TPSA) is 103 Å². The second kappa shape index (κ2) is 9.48. The Balaban J connectivity index is -0.00000000800. The molecule has 0 unspecified atom stereocenters. The summed E-state index contributed by atoms with van der Waals surface area (Å²) in [7, 11) is 0. The van der Waals surface area contributed by atoms with Crippen molar-refractivity contribution in [2.24, 2.45) is 0 Å². The van der Waals surface area contributed by atoms with Gasteiger partial charge in [-0.1, -0.05) is 0 Å². The van der Waals surface area contributed by atoms with E-state index >= 15 is 0 Å². The summed E-state index contributed by atoms with van der Waals surface area (Å²) >= 11 is -5.38. The van der Waals surface area contributed by atoms with Crippen LogP contribution in [0.3, 0.4) is 0 Å². The summed E-state index contributed by atoms with van der Waals surface area (Å²) in [5.41, 5.74) is 0. The minimum absolute atomic E-state index is 0. The van der Waals surface area contributed by atoms with Gasteiger partial charge in [0, 0.05) is 0 Å². The van der Waals surface area contributed by atoms with Gasteiger partial charge in [0.1, 0.15) is 0 Å². The van der Waals surface area contributed by atoms with E-state index in [0.29, 0.717) is 0 Å². The van der Waals surface area contributed by atoms with Gasteiger partial charge in [-0.25, -0.2) is 0 Å². The summed E-state index contributed by atoms with van der Waals surface area (Å²) in [6.45, 7) is 0. The third-order valence-corrected chi connectivity index (χ3v) is 0. The van der Waals surface area contributed by atoms with Crippen LogP contribution in [0.4, 0.5) is 0 Å². The molecule has 0 rings (SSSR count). The van der Waals surface area contributed by atoms with Gasteiger partial charge < -0.3 is 8.33 Å². The van der Waals surface area contributed by atoms with Crippen LogP contribution in [0.25, 0.3) is 0 Å². The Morgan fingerprint density at radius 1 is 1.25 bits per heavy atom. The molecule has 0 bridgehead atoms. The van der Waals surface area contributed by atoms with E-state index in [1.165, 1.54) is 0 Å². The first-order valence-electron chi connectivity index (χ1n) is 0.632. The predicted molar refractivity (Wildman–Crippen MR) is 10.1 cm³/mol. The standard InChI is InChI=1S/K.Mn.Na.2H2O.3O.2H/h;;;2*1H2;;;;;/q3*+1;;;;;;2*-1/p-1. The van der Waals surface area contributed by atoms with Crippen molar-refractivity contribution in [2.75, 3.05) is 0 Å². The van der Waals surface area contributed by atoms with Gasteiger partial charge in [0.05, 0.1) is 0 Å². The maximum atomic E-state index is 8.69. The van der Waals surface area contributed by atoms with Crippen molar-refractivity contribution in [3.8, 4) is 0 Å². The van der Waals surface area contributed by atoms with Crippen molar-refractivity contribution in [3.05, 3.63) is 0 Å². The second-order valence-electron chi connectivity index (χ2n) is 0.396. The molecular weight excluding hydrogens is 197 g/mol. The summed E-state index contributed by atoms with van der Waals surface area (Å²) < 4.78 is 33.1. The van der Waals surface area contributed by atoms with Crippen LogP contribution >= 0.6 is 0 Å². The Labute approximate surface area is 115 Å². The van der Waals surface area contributed by atoms with E-state index in [9.17, 15) is 0 Å². The first kappa shape index (κ1) is 22.4. The first-order valence-corrected chi connectivity index (χ1v) is 2.61. The zero-order chi connectivity index (χ0) is 4.50. The molecule has 0 aliphatic heterocycles. The van der Waals surface area contributed by atoms with Gasteiger partial charge in [0.25, 0.3) is 0 Å². The summed E-state index contributed by atoms with van der Waals surface area (Å²) in [5.74, 6) is 0. The average molecular weight is 202 g/mol. The average Bonchev–Trinajstić information content (AvgIpc) is 0.722. The van der Waals surface area contributed by atoms with Crippen LogP contribution < -0.4 is 80.9 Å². The molecule has 0 radical (unpaired) electrons. The van der Waals surface area contributed by atoms with E-state index in [4.69, 9.17) is 15.7 Å². The normalized spacial score (nSPS) is 7.12. The molecule has 0 amide bonds. The maximum absolute atomic E-state index is 8.69. The molecule has 8 heteroatoms. The molecule has 0 aliphatic carbocycles. The molecule has 0 heterocycles. The van der Waals surface area contributed by atoms with E-state index in [0.717, 1.165) is 0 Å². The second-order valence-corrected chi connectivity index (χ2v) is 1.63. The van der Waals surface area contributed by atoms with Gasteiger partial charge in [-0.05, 0) is 0 Å². The third kappa shape index (κ3) is 77.3. The molecule has 0 aromatic rings. The van der Waals surface area contributed by atoms with E-state index in [-0.39, 0.29) is 89.3 Å². The zero-order valence-electron chi connectivity index (χ0n) is 6.55. The van der Waals surface area contributed by atoms with Crippen molar-refractivity contribution in [1.29, 1.82) is 0 Å². The molecule has 44 valence electrons. The van der Waals surface area contributed by atoms with Crippen LogP contribution in [0, 0.1) is 0 Å². The molecule has 0 saturated carbocycles. The Kier molecular flexibility index (Phi) is 26.6. The molecule has 0 saturated heterocycles. The minimum atomic E-state index is -5.38. The Morgan fingerprint density at radius 3 is 1.25 bits per heavy atom. The summed E-state index contributed by atoms with van der Waals surface area (Å²) in [4.78, 5) is 0. The van der Waals surface area contributed by atoms with Gasteiger partial charge in [0.15, 0.2) is 0 Å². The molecule has 0 aromatic heterocycles. The molecule has 8 heavy (non-hydrogen) atoms. The molecule has 3 N–H and O–H groups in total. The zero-order valence-corrected chi connectivity index (χ0v) is 10.9. The molecule has 0 fully saturated rings. The monoisotopic (exact) mass is 202 g/mol. The number of rotatable bonds is 0. The summed E-state index contributed by atoms with van der Waals surface area (Å²) in [5, 5.41) is 0. The fourth-order valence-electron chi connectivity index (χ4n) is 0. The predicted octanol–water partition coefficient (Wildman–Crippen LogP) is -7.51. The van der Waals surface area contributed by atoms with Gasteiger partial charge in [0.2, 0.25) is 0 Å². The van der Waals surface area contributed by atoms with Crippen molar-refractivity contribution in [1.82, 2.24) is 0 Å². The summed E-state index contributed by atoms with van der Waals surface area (Å²) in [6.07, 6.45) is 0. The first-order chi connectivity index (χ1) is 2.00. The van der Waals surface area contributed by atoms with Gasteiger partial charge in [-0.15, -0.1) is 0 Å². The SMILES string of the molecule is O.[H-].[H-].[K+].[Na+].[O]=[Mn](=[O])(=[O])[OH]. The number of hydrogen-bond donors (Lipinski definition) is 1. The van der Waals surface area contributed by atoms with Crippen LogP contribution in [-0.2, 0) is 24.5 Å². The number of hydrogen-bond acceptors (Lipinski definition) is 3. The Hall–Kier alpha value is 2.48. The third-order valence-electron chi connectivity index (χ3n) is 0. The molecule has 0 aliphatic rings. The summed E-state index contributed by atoms with van der Waals surface area (Å²) in [6, 6.07) is 0. The molecule has 0 spiro atoms. The fraction of sp³-hybridized carbons (Fsp3) is 0. The van der Waals surface area contributed by atoms with Crippen molar-refractivity contribution < 1.29 is 118 Å². The van der Waals surface area contributed by atoms with Crippen LogP contribution in [0.5, 0.6) is 0 Å². The van der Waals surface area contributed by atoms with E-state index in [1.54, 1.807) is 0 Å². The van der Waals surface area contributed by atoms with Gasteiger partial charge in [-0.3, -0.25) is 0 Å². The van der Waals surface area contributed by atoms with Crippen LogP contribution in [0.15, 0.2) is 0 Å². The van der Waals surface area contributed by atoms with Crippen molar-refractivity contribution in [2.45, 2.75) is 0 Å². The molecule has 0 aromatic carbocycles. The van der Waals surface area contributed by atoms with Crippen LogP contribution in [-0.4, -0.2) is 9.67 Å². The Morgan fingerprint density at radius 2 is 1.25 bits per heavy atom. The molecule has 5 nitrogen and oxygen atoms in total. The van der Waals surface area contributed by atoms with Crippen molar-refractivity contribution >= 4 is 0 Å². The van der Waals surface area contributed by atoms with E-state index in [2.05, 4.69) is 0 Å². The van der Waals surface area contributed by atoms with E-state index in [1.807, 2.05) is 0 Å². The Bertz CT molecular complexity index is 141. The van der Waals surface area contributed by atoms with Gasteiger partial charge >= 0.3 is 110 Å². The molecular formula is H5KMnNaO5. The van der Waals surface area contributed by atoms with Gasteiger partial charge in [-0.2, -0.15) is 0 Å². The van der Waals surface area contributed by atoms with Crippen LogP contribution in [0.2, 0.25) is 0 Å².